The number of likely N-dealkylation sites (tertiary alicyclic amines) is 1. The zero-order valence-electron chi connectivity index (χ0n) is 14.2. The van der Waals surface area contributed by atoms with E-state index in [1.807, 2.05) is 24.3 Å². The average molecular weight is 360 g/mol. The lowest BCUT2D eigenvalue weighted by atomic mass is 10.1. The van der Waals surface area contributed by atoms with Crippen LogP contribution in [0.5, 0.6) is 5.75 Å². The Kier molecular flexibility index (Phi) is 5.16. The maximum absolute atomic E-state index is 13.3. The Morgan fingerprint density at radius 3 is 2.50 bits per heavy atom. The number of carbonyl (C=O) groups is 2. The first-order valence-electron chi connectivity index (χ1n) is 8.16. The Morgan fingerprint density at radius 2 is 1.85 bits per heavy atom. The minimum Gasteiger partial charge on any atom is -0.497 e. The molecule has 2 aromatic rings. The highest BCUT2D eigenvalue weighted by molar-refractivity contribution is 6.06. The van der Waals surface area contributed by atoms with Gasteiger partial charge in [0.1, 0.15) is 11.8 Å². The van der Waals surface area contributed by atoms with Crippen molar-refractivity contribution in [3.05, 3.63) is 59.7 Å². The first kappa shape index (κ1) is 17.8. The van der Waals surface area contributed by atoms with Gasteiger partial charge in [-0.05, 0) is 36.2 Å². The van der Waals surface area contributed by atoms with Crippen molar-refractivity contribution in [3.63, 3.8) is 0 Å². The molecule has 0 spiro atoms. The molecule has 1 N–H and O–H groups in total. The maximum atomic E-state index is 13.3. The Bertz CT molecular complexity index is 824. The van der Waals surface area contributed by atoms with Crippen molar-refractivity contribution in [2.45, 2.75) is 18.9 Å². The van der Waals surface area contributed by atoms with Crippen LogP contribution in [-0.2, 0) is 16.0 Å². The van der Waals surface area contributed by atoms with Crippen LogP contribution >= 0.6 is 0 Å². The Morgan fingerprint density at radius 1 is 1.12 bits per heavy atom. The predicted octanol–water partition coefficient (Wildman–Crippen LogP) is 2.76. The van der Waals surface area contributed by atoms with Gasteiger partial charge in [-0.1, -0.05) is 12.1 Å². The summed E-state index contributed by atoms with van der Waals surface area (Å²) < 4.78 is 31.4. The smallest absolute Gasteiger partial charge is 0.252 e. The molecule has 0 aliphatic carbocycles. The van der Waals surface area contributed by atoms with Crippen molar-refractivity contribution < 1.29 is 23.1 Å². The van der Waals surface area contributed by atoms with E-state index < -0.39 is 17.7 Å². The summed E-state index contributed by atoms with van der Waals surface area (Å²) in [5, 5.41) is 2.80. The van der Waals surface area contributed by atoms with Gasteiger partial charge in [0.2, 0.25) is 5.91 Å². The van der Waals surface area contributed by atoms with E-state index >= 15 is 0 Å². The van der Waals surface area contributed by atoms with Crippen LogP contribution in [0.1, 0.15) is 12.0 Å². The second-order valence-electron chi connectivity index (χ2n) is 6.01. The van der Waals surface area contributed by atoms with Crippen LogP contribution in [0.4, 0.5) is 14.5 Å². The number of methoxy groups -OCH3 is 1. The third-order valence-corrected chi connectivity index (χ3v) is 4.29. The van der Waals surface area contributed by atoms with Crippen LogP contribution in [-0.4, -0.2) is 36.4 Å². The zero-order valence-corrected chi connectivity index (χ0v) is 14.2. The first-order chi connectivity index (χ1) is 12.5. The van der Waals surface area contributed by atoms with Gasteiger partial charge in [0.15, 0.2) is 11.6 Å². The molecule has 2 amide bonds. The number of nitrogens with one attached hydrogen (secondary N) is 1. The fraction of sp³-hybridized carbons (Fsp3) is 0.263. The van der Waals surface area contributed by atoms with Crippen LogP contribution in [0.3, 0.4) is 0 Å². The van der Waals surface area contributed by atoms with Crippen LogP contribution < -0.4 is 10.1 Å². The molecule has 3 rings (SSSR count). The number of rotatable bonds is 6. The number of amides is 2. The molecule has 7 heteroatoms. The SMILES string of the molecule is COc1ccc(CCN2C(=O)C[C@@H](Nc3ccc(F)c(F)c3)C2=O)cc1. The number of nitrogens with zero attached hydrogens (tertiary/aromatic N) is 1. The standard InChI is InChI=1S/C19H18F2N2O3/c1-26-14-5-2-12(3-6-14)8-9-23-18(24)11-17(19(23)25)22-13-4-7-15(20)16(21)10-13/h2-7,10,17,22H,8-9,11H2,1H3/t17-/m1/s1. The number of anilines is 1. The van der Waals surface area contributed by atoms with Crippen LogP contribution in [0, 0.1) is 11.6 Å². The van der Waals surface area contributed by atoms with Gasteiger partial charge in [-0.25, -0.2) is 8.78 Å². The number of benzene rings is 2. The molecule has 1 heterocycles. The molecule has 1 aliphatic heterocycles. The van der Waals surface area contributed by atoms with Gasteiger partial charge < -0.3 is 10.1 Å². The highest BCUT2D eigenvalue weighted by Crippen LogP contribution is 2.21. The second-order valence-corrected chi connectivity index (χ2v) is 6.01. The quantitative estimate of drug-likeness (QED) is 0.805. The lowest BCUT2D eigenvalue weighted by Crippen LogP contribution is -2.36. The number of carbonyl (C=O) groups excluding carboxylic acids is 2. The predicted molar refractivity (Wildman–Crippen MR) is 91.8 cm³/mol. The summed E-state index contributed by atoms with van der Waals surface area (Å²) in [6.45, 7) is 0.264. The Hall–Kier alpha value is -2.96. The first-order valence-corrected chi connectivity index (χ1v) is 8.16. The summed E-state index contributed by atoms with van der Waals surface area (Å²) in [5.74, 6) is -1.90. The summed E-state index contributed by atoms with van der Waals surface area (Å²) in [6.07, 6.45) is 0.514. The molecular weight excluding hydrogens is 342 g/mol. The van der Waals surface area contributed by atoms with Crippen LogP contribution in [0.2, 0.25) is 0 Å². The normalized spacial score (nSPS) is 16.9. The number of halogens is 2. The minimum atomic E-state index is -1.01. The second kappa shape index (κ2) is 7.51. The molecule has 0 bridgehead atoms. The van der Waals surface area contributed by atoms with Gasteiger partial charge >= 0.3 is 0 Å². The van der Waals surface area contributed by atoms with E-state index in [-0.39, 0.29) is 30.5 Å². The third kappa shape index (κ3) is 3.82. The van der Waals surface area contributed by atoms with Crippen LogP contribution in [0.25, 0.3) is 0 Å². The van der Waals surface area contributed by atoms with E-state index in [0.717, 1.165) is 23.4 Å². The van der Waals surface area contributed by atoms with E-state index in [9.17, 15) is 18.4 Å². The van der Waals surface area contributed by atoms with Crippen molar-refractivity contribution in [3.8, 4) is 5.75 Å². The summed E-state index contributed by atoms with van der Waals surface area (Å²) >= 11 is 0. The summed E-state index contributed by atoms with van der Waals surface area (Å²) in [5.41, 5.74) is 1.23. The third-order valence-electron chi connectivity index (χ3n) is 4.29. The molecule has 26 heavy (non-hydrogen) atoms. The van der Waals surface area contributed by atoms with E-state index in [4.69, 9.17) is 4.74 Å². The van der Waals surface area contributed by atoms with E-state index in [1.165, 1.54) is 11.0 Å². The van der Waals surface area contributed by atoms with Crippen molar-refractivity contribution in [1.29, 1.82) is 0 Å². The van der Waals surface area contributed by atoms with Crippen molar-refractivity contribution in [1.82, 2.24) is 4.90 Å². The monoisotopic (exact) mass is 360 g/mol. The molecule has 136 valence electrons. The van der Waals surface area contributed by atoms with Crippen molar-refractivity contribution in [2.75, 3.05) is 19.0 Å². The lowest BCUT2D eigenvalue weighted by Gasteiger charge is -2.16. The molecule has 0 saturated carbocycles. The number of imide groups is 1. The van der Waals surface area contributed by atoms with Gasteiger partial charge in [-0.2, -0.15) is 0 Å². The molecule has 1 fully saturated rings. The van der Waals surface area contributed by atoms with E-state index in [1.54, 1.807) is 7.11 Å². The van der Waals surface area contributed by atoms with Gasteiger partial charge in [-0.15, -0.1) is 0 Å². The molecular formula is C19H18F2N2O3. The molecule has 5 nitrogen and oxygen atoms in total. The summed E-state index contributed by atoms with van der Waals surface area (Å²) in [7, 11) is 1.58. The molecule has 2 aromatic carbocycles. The van der Waals surface area contributed by atoms with Crippen molar-refractivity contribution >= 4 is 17.5 Å². The zero-order chi connectivity index (χ0) is 18.7. The largest absolute Gasteiger partial charge is 0.497 e. The number of hydrogen-bond acceptors (Lipinski definition) is 4. The number of hydrogen-bond donors (Lipinski definition) is 1. The Balaban J connectivity index is 1.61. The highest BCUT2D eigenvalue weighted by Gasteiger charge is 2.38. The van der Waals surface area contributed by atoms with Gasteiger partial charge in [-0.3, -0.25) is 14.5 Å². The summed E-state index contributed by atoms with van der Waals surface area (Å²) in [6, 6.07) is 9.88. The summed E-state index contributed by atoms with van der Waals surface area (Å²) in [4.78, 5) is 25.8. The minimum absolute atomic E-state index is 0.0135. The molecule has 1 saturated heterocycles. The average Bonchev–Trinajstić information content (AvgIpc) is 2.90. The van der Waals surface area contributed by atoms with Gasteiger partial charge in [0, 0.05) is 18.3 Å². The molecule has 0 aromatic heterocycles. The van der Waals surface area contributed by atoms with Gasteiger partial charge in [0.05, 0.1) is 13.5 Å². The topological polar surface area (TPSA) is 58.6 Å². The maximum Gasteiger partial charge on any atom is 0.252 e. The fourth-order valence-electron chi connectivity index (χ4n) is 2.85. The molecule has 1 atom stereocenters. The highest BCUT2D eigenvalue weighted by atomic mass is 19.2. The lowest BCUT2D eigenvalue weighted by molar-refractivity contribution is -0.138. The van der Waals surface area contributed by atoms with Crippen LogP contribution in [0.15, 0.2) is 42.5 Å². The molecule has 0 unspecified atom stereocenters. The van der Waals surface area contributed by atoms with Crippen molar-refractivity contribution in [2.24, 2.45) is 0 Å². The van der Waals surface area contributed by atoms with Gasteiger partial charge in [0.25, 0.3) is 5.91 Å². The number of ether oxygens (including phenoxy) is 1. The molecule has 1 aliphatic rings. The van der Waals surface area contributed by atoms with E-state index in [2.05, 4.69) is 5.32 Å². The van der Waals surface area contributed by atoms with E-state index in [0.29, 0.717) is 6.42 Å². The Labute approximate surface area is 149 Å². The molecule has 0 radical (unpaired) electrons. The fourth-order valence-corrected chi connectivity index (χ4v) is 2.85.